The molecule has 1 amide bonds. The van der Waals surface area contributed by atoms with Crippen molar-refractivity contribution in [2.24, 2.45) is 5.92 Å². The van der Waals surface area contributed by atoms with Gasteiger partial charge in [0.05, 0.1) is 10.7 Å². The van der Waals surface area contributed by atoms with Gasteiger partial charge in [-0.15, -0.1) is 11.3 Å². The molecule has 2 aromatic rings. The Morgan fingerprint density at radius 1 is 1.41 bits per heavy atom. The number of carbonyl (C=O) groups is 1. The predicted molar refractivity (Wildman–Crippen MR) is 118 cm³/mol. The zero-order valence-corrected chi connectivity index (χ0v) is 18.2. The molecule has 158 valence electrons. The van der Waals surface area contributed by atoms with E-state index in [4.69, 9.17) is 5.73 Å². The van der Waals surface area contributed by atoms with Gasteiger partial charge in [0, 0.05) is 24.5 Å². The molecular formula is C20H29N5O3S. The standard InChI is InChI=1S/C20H29N5O3S/c1-5-6-10-25-18(21)17(19(27)23-20(25)28)24(11-9-13(2)3)16(26)8-7-15-12-29-14(4)22-15/h7-8,12-13H,5-6,9-11,21H2,1-4H3,(H,23,27,28)/b8-7+. The summed E-state index contributed by atoms with van der Waals surface area (Å²) in [4.78, 5) is 45.7. The molecule has 0 saturated heterocycles. The van der Waals surface area contributed by atoms with E-state index in [0.717, 1.165) is 17.8 Å². The largest absolute Gasteiger partial charge is 0.383 e. The minimum atomic E-state index is -0.657. The molecule has 8 nitrogen and oxygen atoms in total. The van der Waals surface area contributed by atoms with E-state index in [2.05, 4.69) is 9.97 Å². The molecule has 0 aliphatic carbocycles. The van der Waals surface area contributed by atoms with E-state index in [9.17, 15) is 14.4 Å². The Bertz CT molecular complexity index is 987. The van der Waals surface area contributed by atoms with Gasteiger partial charge in [0.15, 0.2) is 5.69 Å². The number of nitrogens with one attached hydrogen (secondary N) is 1. The van der Waals surface area contributed by atoms with Crippen LogP contribution in [-0.2, 0) is 11.3 Å². The number of carbonyl (C=O) groups excluding carboxylic acids is 1. The molecule has 0 aliphatic heterocycles. The summed E-state index contributed by atoms with van der Waals surface area (Å²) >= 11 is 1.49. The van der Waals surface area contributed by atoms with Gasteiger partial charge in [-0.2, -0.15) is 0 Å². The lowest BCUT2D eigenvalue weighted by molar-refractivity contribution is -0.114. The highest BCUT2D eigenvalue weighted by Crippen LogP contribution is 2.20. The molecule has 3 N–H and O–H groups in total. The Hall–Kier alpha value is -2.68. The number of aromatic amines is 1. The van der Waals surface area contributed by atoms with E-state index in [1.807, 2.05) is 33.1 Å². The summed E-state index contributed by atoms with van der Waals surface area (Å²) in [5.41, 5.74) is 5.68. The predicted octanol–water partition coefficient (Wildman–Crippen LogP) is 2.78. The molecule has 0 fully saturated rings. The van der Waals surface area contributed by atoms with Crippen molar-refractivity contribution in [3.63, 3.8) is 0 Å². The van der Waals surface area contributed by atoms with Crippen LogP contribution in [0.3, 0.4) is 0 Å². The molecule has 2 aromatic heterocycles. The Kier molecular flexibility index (Phi) is 7.95. The molecule has 0 aliphatic rings. The number of H-pyrrole nitrogens is 1. The molecule has 0 spiro atoms. The minimum Gasteiger partial charge on any atom is -0.383 e. The lowest BCUT2D eigenvalue weighted by Crippen LogP contribution is -2.41. The monoisotopic (exact) mass is 419 g/mol. The van der Waals surface area contributed by atoms with Crippen molar-refractivity contribution in [1.82, 2.24) is 14.5 Å². The van der Waals surface area contributed by atoms with Crippen LogP contribution >= 0.6 is 11.3 Å². The van der Waals surface area contributed by atoms with E-state index in [0.29, 0.717) is 31.1 Å². The summed E-state index contributed by atoms with van der Waals surface area (Å²) in [7, 11) is 0. The van der Waals surface area contributed by atoms with Gasteiger partial charge in [-0.1, -0.05) is 27.2 Å². The first-order chi connectivity index (χ1) is 13.7. The number of nitrogen functional groups attached to an aromatic ring is 1. The maximum Gasteiger partial charge on any atom is 0.330 e. The first kappa shape index (κ1) is 22.6. The van der Waals surface area contributed by atoms with Crippen LogP contribution in [0.15, 0.2) is 21.0 Å². The quantitative estimate of drug-likeness (QED) is 0.607. The van der Waals surface area contributed by atoms with Gasteiger partial charge in [-0.25, -0.2) is 9.78 Å². The summed E-state index contributed by atoms with van der Waals surface area (Å²) in [6.07, 6.45) is 5.29. The molecular weight excluding hydrogens is 390 g/mol. The van der Waals surface area contributed by atoms with Crippen LogP contribution < -0.4 is 21.9 Å². The van der Waals surface area contributed by atoms with E-state index in [1.165, 1.54) is 26.9 Å². The number of aromatic nitrogens is 3. The third-order valence-electron chi connectivity index (χ3n) is 4.45. The third kappa shape index (κ3) is 5.90. The Morgan fingerprint density at radius 2 is 2.14 bits per heavy atom. The van der Waals surface area contributed by atoms with E-state index in [1.54, 1.807) is 6.08 Å². The molecule has 0 atom stereocenters. The van der Waals surface area contributed by atoms with Crippen molar-refractivity contribution in [2.45, 2.75) is 53.5 Å². The molecule has 29 heavy (non-hydrogen) atoms. The number of rotatable bonds is 9. The lowest BCUT2D eigenvalue weighted by Gasteiger charge is -2.24. The van der Waals surface area contributed by atoms with Crippen molar-refractivity contribution in [3.8, 4) is 0 Å². The highest BCUT2D eigenvalue weighted by Gasteiger charge is 2.23. The van der Waals surface area contributed by atoms with Crippen LogP contribution in [0.4, 0.5) is 11.5 Å². The number of hydrogen-bond acceptors (Lipinski definition) is 6. The molecule has 0 radical (unpaired) electrons. The Labute approximate surface area is 174 Å². The summed E-state index contributed by atoms with van der Waals surface area (Å²) in [5, 5.41) is 2.75. The van der Waals surface area contributed by atoms with Gasteiger partial charge >= 0.3 is 5.69 Å². The molecule has 2 rings (SSSR count). The molecule has 0 saturated carbocycles. The van der Waals surface area contributed by atoms with Gasteiger partial charge in [-0.05, 0) is 31.8 Å². The van der Waals surface area contributed by atoms with Gasteiger partial charge in [0.2, 0.25) is 0 Å². The van der Waals surface area contributed by atoms with Crippen LogP contribution in [0.25, 0.3) is 6.08 Å². The normalized spacial score (nSPS) is 11.5. The number of hydrogen-bond donors (Lipinski definition) is 2. The second kappa shape index (κ2) is 10.2. The van der Waals surface area contributed by atoms with Gasteiger partial charge < -0.3 is 10.6 Å². The number of amides is 1. The minimum absolute atomic E-state index is 0.0159. The number of aryl methyl sites for hydroxylation is 1. The molecule has 0 unspecified atom stereocenters. The second-order valence-corrected chi connectivity index (χ2v) is 8.36. The highest BCUT2D eigenvalue weighted by atomic mass is 32.1. The van der Waals surface area contributed by atoms with Crippen molar-refractivity contribution >= 4 is 34.8 Å². The SMILES string of the molecule is CCCCn1c(N)c(N(CCC(C)C)C(=O)/C=C/c2csc(C)n2)c(=O)[nH]c1=O. The van der Waals surface area contributed by atoms with Crippen LogP contribution in [0.2, 0.25) is 0 Å². The van der Waals surface area contributed by atoms with Gasteiger partial charge in [0.1, 0.15) is 5.82 Å². The number of nitrogens with zero attached hydrogens (tertiary/aromatic N) is 3. The van der Waals surface area contributed by atoms with Crippen LogP contribution in [0.1, 0.15) is 50.7 Å². The van der Waals surface area contributed by atoms with Crippen molar-refractivity contribution in [1.29, 1.82) is 0 Å². The number of unbranched alkanes of at least 4 members (excludes halogenated alkanes) is 1. The van der Waals surface area contributed by atoms with E-state index >= 15 is 0 Å². The zero-order valence-electron chi connectivity index (χ0n) is 17.4. The fourth-order valence-electron chi connectivity index (χ4n) is 2.80. The highest BCUT2D eigenvalue weighted by molar-refractivity contribution is 7.09. The summed E-state index contributed by atoms with van der Waals surface area (Å²) in [6.45, 7) is 8.65. The number of anilines is 2. The maximum atomic E-state index is 13.0. The summed E-state index contributed by atoms with van der Waals surface area (Å²) in [5.74, 6) is -0.0434. The van der Waals surface area contributed by atoms with Crippen LogP contribution in [-0.4, -0.2) is 27.0 Å². The van der Waals surface area contributed by atoms with Gasteiger partial charge in [-0.3, -0.25) is 19.1 Å². The number of nitrogens with two attached hydrogens (primary N) is 1. The first-order valence-corrected chi connectivity index (χ1v) is 10.7. The number of thiazole rings is 1. The van der Waals surface area contributed by atoms with Crippen molar-refractivity contribution in [3.05, 3.63) is 43.0 Å². The molecule has 2 heterocycles. The third-order valence-corrected chi connectivity index (χ3v) is 5.24. The van der Waals surface area contributed by atoms with E-state index in [-0.39, 0.29) is 17.4 Å². The summed E-state index contributed by atoms with van der Waals surface area (Å²) < 4.78 is 1.32. The average Bonchev–Trinajstić information content (AvgIpc) is 3.07. The topological polar surface area (TPSA) is 114 Å². The molecule has 0 aromatic carbocycles. The Balaban J connectivity index is 2.45. The smallest absolute Gasteiger partial charge is 0.330 e. The zero-order chi connectivity index (χ0) is 21.6. The fourth-order valence-corrected chi connectivity index (χ4v) is 3.38. The van der Waals surface area contributed by atoms with Crippen molar-refractivity contribution in [2.75, 3.05) is 17.2 Å². The Morgan fingerprint density at radius 3 is 2.72 bits per heavy atom. The fraction of sp³-hybridized carbons (Fsp3) is 0.500. The van der Waals surface area contributed by atoms with Crippen LogP contribution in [0, 0.1) is 12.8 Å². The molecule has 0 bridgehead atoms. The van der Waals surface area contributed by atoms with Crippen molar-refractivity contribution < 1.29 is 4.79 Å². The first-order valence-electron chi connectivity index (χ1n) is 9.78. The summed E-state index contributed by atoms with van der Waals surface area (Å²) in [6, 6.07) is 0. The average molecular weight is 420 g/mol. The van der Waals surface area contributed by atoms with Gasteiger partial charge in [0.25, 0.3) is 11.5 Å². The molecule has 9 heteroatoms. The maximum absolute atomic E-state index is 13.0. The van der Waals surface area contributed by atoms with Crippen LogP contribution in [0.5, 0.6) is 0 Å². The second-order valence-electron chi connectivity index (χ2n) is 7.30. The lowest BCUT2D eigenvalue weighted by atomic mass is 10.1. The van der Waals surface area contributed by atoms with E-state index < -0.39 is 11.2 Å².